The predicted molar refractivity (Wildman–Crippen MR) is 101 cm³/mol. The quantitative estimate of drug-likeness (QED) is 0.432. The molecule has 0 saturated carbocycles. The van der Waals surface area contributed by atoms with Crippen molar-refractivity contribution in [1.29, 1.82) is 0 Å². The van der Waals surface area contributed by atoms with Gasteiger partial charge in [-0.3, -0.25) is 4.99 Å². The van der Waals surface area contributed by atoms with Crippen LogP contribution in [0.25, 0.3) is 0 Å². The van der Waals surface area contributed by atoms with Crippen LogP contribution in [0.3, 0.4) is 0 Å². The number of nitrogens with one attached hydrogen (secondary N) is 2. The number of amides is 1. The van der Waals surface area contributed by atoms with Gasteiger partial charge in [0, 0.05) is 32.8 Å². The van der Waals surface area contributed by atoms with E-state index in [1.165, 1.54) is 0 Å². The minimum atomic E-state index is -0.493. The van der Waals surface area contributed by atoms with Gasteiger partial charge in [0.15, 0.2) is 5.96 Å². The van der Waals surface area contributed by atoms with Gasteiger partial charge in [-0.15, -0.1) is 0 Å². The van der Waals surface area contributed by atoms with Crippen LogP contribution in [-0.4, -0.2) is 80.7 Å². The smallest absolute Gasteiger partial charge is 0.407 e. The highest BCUT2D eigenvalue weighted by Crippen LogP contribution is 2.21. The lowest BCUT2D eigenvalue weighted by Crippen LogP contribution is -2.53. The standard InChI is InChI=1S/C18H34N4O4/c1-5-19-16(20-8-9-21-17(23)26-18(2,3)4)22-10-12-25-15(13-22)14-7-6-11-24-14/h14-15H,5-13H2,1-4H3,(H,19,20)(H,21,23). The highest BCUT2D eigenvalue weighted by molar-refractivity contribution is 5.80. The van der Waals surface area contributed by atoms with E-state index in [9.17, 15) is 4.79 Å². The molecular formula is C18H34N4O4. The molecule has 2 aliphatic heterocycles. The Balaban J connectivity index is 1.82. The normalized spacial score (nSPS) is 24.5. The van der Waals surface area contributed by atoms with Crippen molar-refractivity contribution < 1.29 is 19.0 Å². The molecular weight excluding hydrogens is 336 g/mol. The lowest BCUT2D eigenvalue weighted by molar-refractivity contribution is -0.0817. The number of alkyl carbamates (subject to hydrolysis) is 1. The molecule has 0 spiro atoms. The van der Waals surface area contributed by atoms with Crippen molar-refractivity contribution in [3.05, 3.63) is 0 Å². The van der Waals surface area contributed by atoms with Gasteiger partial charge in [-0.05, 0) is 40.5 Å². The molecule has 2 aliphatic rings. The molecule has 8 nitrogen and oxygen atoms in total. The highest BCUT2D eigenvalue weighted by Gasteiger charge is 2.32. The van der Waals surface area contributed by atoms with E-state index in [0.717, 1.165) is 45.0 Å². The molecule has 26 heavy (non-hydrogen) atoms. The van der Waals surface area contributed by atoms with Crippen LogP contribution in [0.15, 0.2) is 4.99 Å². The van der Waals surface area contributed by atoms with Gasteiger partial charge in [-0.2, -0.15) is 0 Å². The van der Waals surface area contributed by atoms with Crippen LogP contribution in [0, 0.1) is 0 Å². The van der Waals surface area contributed by atoms with E-state index >= 15 is 0 Å². The first-order valence-corrected chi connectivity index (χ1v) is 9.62. The summed E-state index contributed by atoms with van der Waals surface area (Å²) in [5, 5.41) is 6.06. The van der Waals surface area contributed by atoms with E-state index in [1.807, 2.05) is 27.7 Å². The van der Waals surface area contributed by atoms with Crippen LogP contribution < -0.4 is 10.6 Å². The number of nitrogens with zero attached hydrogens (tertiary/aromatic N) is 2. The Morgan fingerprint density at radius 2 is 2.00 bits per heavy atom. The van der Waals surface area contributed by atoms with E-state index in [4.69, 9.17) is 14.2 Å². The SMILES string of the molecule is CCNC(=NCCNC(=O)OC(C)(C)C)N1CCOC(C2CCCO2)C1. The van der Waals surface area contributed by atoms with Gasteiger partial charge in [0.05, 0.1) is 19.3 Å². The fraction of sp³-hybridized carbons (Fsp3) is 0.889. The highest BCUT2D eigenvalue weighted by atomic mass is 16.6. The first-order chi connectivity index (χ1) is 12.4. The third kappa shape index (κ3) is 6.99. The first kappa shape index (κ1) is 20.8. The van der Waals surface area contributed by atoms with Gasteiger partial charge in [-0.25, -0.2) is 4.79 Å². The number of carbonyl (C=O) groups is 1. The molecule has 0 aromatic heterocycles. The summed E-state index contributed by atoms with van der Waals surface area (Å²) in [5.74, 6) is 0.852. The van der Waals surface area contributed by atoms with Crippen molar-refractivity contribution in [1.82, 2.24) is 15.5 Å². The minimum Gasteiger partial charge on any atom is -0.444 e. The number of aliphatic imine (C=N–C) groups is 1. The third-order valence-corrected chi connectivity index (χ3v) is 4.15. The summed E-state index contributed by atoms with van der Waals surface area (Å²) in [6, 6.07) is 0. The molecule has 2 saturated heterocycles. The van der Waals surface area contributed by atoms with E-state index in [0.29, 0.717) is 19.7 Å². The average Bonchev–Trinajstić information content (AvgIpc) is 3.11. The summed E-state index contributed by atoms with van der Waals surface area (Å²) < 4.78 is 16.9. The van der Waals surface area contributed by atoms with E-state index in [1.54, 1.807) is 0 Å². The van der Waals surface area contributed by atoms with Crippen LogP contribution in [0.2, 0.25) is 0 Å². The Labute approximate surface area is 156 Å². The zero-order chi connectivity index (χ0) is 19.0. The molecule has 1 amide bonds. The summed E-state index contributed by atoms with van der Waals surface area (Å²) in [6.07, 6.45) is 2.04. The molecule has 2 heterocycles. The largest absolute Gasteiger partial charge is 0.444 e. The monoisotopic (exact) mass is 370 g/mol. The second-order valence-electron chi connectivity index (χ2n) is 7.57. The number of hydrogen-bond donors (Lipinski definition) is 2. The molecule has 0 aromatic carbocycles. The fourth-order valence-corrected chi connectivity index (χ4v) is 3.05. The number of rotatable bonds is 5. The van der Waals surface area contributed by atoms with Gasteiger partial charge < -0.3 is 29.7 Å². The molecule has 0 aliphatic carbocycles. The Morgan fingerprint density at radius 1 is 1.23 bits per heavy atom. The summed E-state index contributed by atoms with van der Waals surface area (Å²) in [6.45, 7) is 12.4. The van der Waals surface area contributed by atoms with Gasteiger partial charge >= 0.3 is 6.09 Å². The minimum absolute atomic E-state index is 0.0926. The lowest BCUT2D eigenvalue weighted by atomic mass is 10.1. The molecule has 0 radical (unpaired) electrons. The van der Waals surface area contributed by atoms with Crippen molar-refractivity contribution in [2.24, 2.45) is 4.99 Å². The fourth-order valence-electron chi connectivity index (χ4n) is 3.05. The Bertz CT molecular complexity index is 472. The number of guanidine groups is 1. The number of hydrogen-bond acceptors (Lipinski definition) is 5. The zero-order valence-corrected chi connectivity index (χ0v) is 16.5. The lowest BCUT2D eigenvalue weighted by Gasteiger charge is -2.37. The second kappa shape index (κ2) is 9.97. The molecule has 2 rings (SSSR count). The average molecular weight is 370 g/mol. The van der Waals surface area contributed by atoms with Gasteiger partial charge in [0.1, 0.15) is 11.7 Å². The van der Waals surface area contributed by atoms with Crippen LogP contribution in [0.1, 0.15) is 40.5 Å². The van der Waals surface area contributed by atoms with Crippen molar-refractivity contribution in [3.63, 3.8) is 0 Å². The molecule has 0 aromatic rings. The van der Waals surface area contributed by atoms with Gasteiger partial charge in [0.2, 0.25) is 0 Å². The second-order valence-corrected chi connectivity index (χ2v) is 7.57. The Hall–Kier alpha value is -1.54. The van der Waals surface area contributed by atoms with Crippen LogP contribution in [0.5, 0.6) is 0 Å². The molecule has 150 valence electrons. The summed E-state index contributed by atoms with van der Waals surface area (Å²) >= 11 is 0. The van der Waals surface area contributed by atoms with Crippen LogP contribution in [-0.2, 0) is 14.2 Å². The van der Waals surface area contributed by atoms with Gasteiger partial charge in [-0.1, -0.05) is 0 Å². The zero-order valence-electron chi connectivity index (χ0n) is 16.5. The molecule has 2 fully saturated rings. The first-order valence-electron chi connectivity index (χ1n) is 9.62. The Morgan fingerprint density at radius 3 is 2.65 bits per heavy atom. The number of morpholine rings is 1. The van der Waals surface area contributed by atoms with E-state index in [-0.39, 0.29) is 12.2 Å². The topological polar surface area (TPSA) is 84.4 Å². The molecule has 2 N–H and O–H groups in total. The Kier molecular flexibility index (Phi) is 7.96. The molecule has 2 unspecified atom stereocenters. The van der Waals surface area contributed by atoms with Crippen molar-refractivity contribution in [2.75, 3.05) is 45.9 Å². The summed E-state index contributed by atoms with van der Waals surface area (Å²) in [4.78, 5) is 18.5. The summed E-state index contributed by atoms with van der Waals surface area (Å²) in [7, 11) is 0. The summed E-state index contributed by atoms with van der Waals surface area (Å²) in [5.41, 5.74) is -0.493. The molecule has 0 bridgehead atoms. The van der Waals surface area contributed by atoms with Crippen molar-refractivity contribution in [2.45, 2.75) is 58.3 Å². The maximum Gasteiger partial charge on any atom is 0.407 e. The third-order valence-electron chi connectivity index (χ3n) is 4.15. The maximum atomic E-state index is 11.7. The van der Waals surface area contributed by atoms with Gasteiger partial charge in [0.25, 0.3) is 0 Å². The number of ether oxygens (including phenoxy) is 3. The predicted octanol–water partition coefficient (Wildman–Crippen LogP) is 1.36. The molecule has 2 atom stereocenters. The van der Waals surface area contributed by atoms with Crippen molar-refractivity contribution >= 4 is 12.1 Å². The van der Waals surface area contributed by atoms with Crippen molar-refractivity contribution in [3.8, 4) is 0 Å². The van der Waals surface area contributed by atoms with E-state index < -0.39 is 11.7 Å². The van der Waals surface area contributed by atoms with Crippen LogP contribution in [0.4, 0.5) is 4.79 Å². The van der Waals surface area contributed by atoms with E-state index in [2.05, 4.69) is 20.5 Å². The maximum absolute atomic E-state index is 11.7. The number of carbonyl (C=O) groups excluding carboxylic acids is 1. The molecule has 8 heteroatoms. The van der Waals surface area contributed by atoms with Crippen LogP contribution >= 0.6 is 0 Å².